The normalized spacial score (nSPS) is 10.9. The number of rotatable bonds is 9. The van der Waals surface area contributed by atoms with Crippen molar-refractivity contribution in [2.75, 3.05) is 20.8 Å². The molecule has 2 aromatic carbocycles. The number of hydrogen-bond acceptors (Lipinski definition) is 5. The highest BCUT2D eigenvalue weighted by Crippen LogP contribution is 2.31. The van der Waals surface area contributed by atoms with E-state index in [1.807, 2.05) is 49.4 Å². The van der Waals surface area contributed by atoms with Gasteiger partial charge in [-0.2, -0.15) is 0 Å². The van der Waals surface area contributed by atoms with Gasteiger partial charge < -0.3 is 19.6 Å². The molecule has 8 heteroatoms. The van der Waals surface area contributed by atoms with E-state index in [1.54, 1.807) is 13.1 Å². The molecule has 1 amide bonds. The molecule has 0 atom stereocenters. The Balaban J connectivity index is 2.32. The van der Waals surface area contributed by atoms with Crippen LogP contribution in [0.25, 0.3) is 6.08 Å². The molecule has 0 radical (unpaired) electrons. The van der Waals surface area contributed by atoms with Gasteiger partial charge in [0.2, 0.25) is 0 Å². The van der Waals surface area contributed by atoms with E-state index < -0.39 is 0 Å². The van der Waals surface area contributed by atoms with Crippen LogP contribution in [0.5, 0.6) is 11.5 Å². The molecule has 0 aliphatic carbocycles. The fourth-order valence-corrected chi connectivity index (χ4v) is 3.11. The molecule has 2 aromatic rings. The van der Waals surface area contributed by atoms with Gasteiger partial charge in [-0.15, -0.1) is 0 Å². The molecular weight excluding hydrogens is 504 g/mol. The van der Waals surface area contributed by atoms with Gasteiger partial charge in [-0.1, -0.05) is 35.5 Å². The van der Waals surface area contributed by atoms with Gasteiger partial charge >= 0.3 is 0 Å². The highest BCUT2D eigenvalue weighted by Gasteiger charge is 2.18. The number of hydrogen-bond donors (Lipinski definition) is 1. The molecule has 0 unspecified atom stereocenters. The van der Waals surface area contributed by atoms with Crippen LogP contribution >= 0.6 is 31.9 Å². The molecule has 0 saturated carbocycles. The molecule has 0 aliphatic heterocycles. The smallest absolute Gasteiger partial charge is 0.273 e. The van der Waals surface area contributed by atoms with E-state index in [9.17, 15) is 4.79 Å². The standard InChI is InChI=1S/C21H22Br2N2O4/c1-4-28-18-11-14(12-19(22)23)9-10-17(18)29-13-15-7-5-6-8-16(15)20(25-27-3)21(26)24-2/h5-12H,4,13H2,1-3H3,(H,24,26). The average molecular weight is 526 g/mol. The van der Waals surface area contributed by atoms with E-state index >= 15 is 0 Å². The van der Waals surface area contributed by atoms with Gasteiger partial charge in [0.1, 0.15) is 13.7 Å². The lowest BCUT2D eigenvalue weighted by Crippen LogP contribution is -2.29. The molecule has 1 N–H and O–H groups in total. The second-order valence-electron chi connectivity index (χ2n) is 5.72. The minimum absolute atomic E-state index is 0.182. The van der Waals surface area contributed by atoms with Gasteiger partial charge in [0.05, 0.1) is 10.00 Å². The number of amides is 1. The average Bonchev–Trinajstić information content (AvgIpc) is 2.71. The van der Waals surface area contributed by atoms with Crippen molar-refractivity contribution in [3.05, 3.63) is 62.5 Å². The van der Waals surface area contributed by atoms with Crippen molar-refractivity contribution in [2.24, 2.45) is 5.16 Å². The van der Waals surface area contributed by atoms with Crippen LogP contribution in [0.4, 0.5) is 0 Å². The predicted octanol–water partition coefficient (Wildman–Crippen LogP) is 4.85. The Bertz CT molecular complexity index is 909. The lowest BCUT2D eigenvalue weighted by atomic mass is 10.0. The van der Waals surface area contributed by atoms with Gasteiger partial charge in [-0.3, -0.25) is 4.79 Å². The Morgan fingerprint density at radius 1 is 1.14 bits per heavy atom. The lowest BCUT2D eigenvalue weighted by molar-refractivity contribution is -0.114. The Morgan fingerprint density at radius 2 is 1.90 bits per heavy atom. The SMILES string of the molecule is CCOc1cc(C=C(Br)Br)ccc1OCc1ccccc1C(=NOC)C(=O)NC. The van der Waals surface area contributed by atoms with Crippen LogP contribution in [0.1, 0.15) is 23.6 Å². The second-order valence-corrected chi connectivity index (χ2v) is 8.49. The number of likely N-dealkylation sites (N-methyl/N-ethyl adjacent to an activating group) is 1. The highest BCUT2D eigenvalue weighted by atomic mass is 79.9. The molecule has 2 rings (SSSR count). The molecule has 6 nitrogen and oxygen atoms in total. The monoisotopic (exact) mass is 524 g/mol. The first-order valence-electron chi connectivity index (χ1n) is 8.84. The molecule has 0 spiro atoms. The maximum Gasteiger partial charge on any atom is 0.273 e. The Labute approximate surface area is 187 Å². The quantitative estimate of drug-likeness (QED) is 0.375. The molecule has 154 valence electrons. The Kier molecular flexibility index (Phi) is 9.21. The summed E-state index contributed by atoms with van der Waals surface area (Å²) in [4.78, 5) is 17.0. The van der Waals surface area contributed by atoms with Crippen LogP contribution in [0.2, 0.25) is 0 Å². The summed E-state index contributed by atoms with van der Waals surface area (Å²) in [6, 6.07) is 13.1. The van der Waals surface area contributed by atoms with Crippen LogP contribution < -0.4 is 14.8 Å². The number of ether oxygens (including phenoxy) is 2. The van der Waals surface area contributed by atoms with E-state index in [4.69, 9.17) is 14.3 Å². The fourth-order valence-electron chi connectivity index (χ4n) is 2.58. The molecule has 0 heterocycles. The third-order valence-corrected chi connectivity index (χ3v) is 4.28. The van der Waals surface area contributed by atoms with Gasteiger partial charge in [-0.05, 0) is 68.1 Å². The summed E-state index contributed by atoms with van der Waals surface area (Å²) in [5.74, 6) is 0.900. The number of oxime groups is 1. The van der Waals surface area contributed by atoms with Gasteiger partial charge in [0.15, 0.2) is 17.2 Å². The maximum atomic E-state index is 12.2. The first-order valence-corrected chi connectivity index (χ1v) is 10.4. The van der Waals surface area contributed by atoms with Crippen molar-refractivity contribution < 1.29 is 19.1 Å². The third-order valence-electron chi connectivity index (χ3n) is 3.82. The summed E-state index contributed by atoms with van der Waals surface area (Å²) in [7, 11) is 2.94. The van der Waals surface area contributed by atoms with Gasteiger partial charge in [0, 0.05) is 12.6 Å². The van der Waals surface area contributed by atoms with Crippen molar-refractivity contribution in [3.63, 3.8) is 0 Å². The Morgan fingerprint density at radius 3 is 2.55 bits per heavy atom. The first kappa shape index (κ1) is 23.0. The Hall–Kier alpha value is -2.32. The van der Waals surface area contributed by atoms with Crippen LogP contribution in [-0.4, -0.2) is 32.4 Å². The van der Waals surface area contributed by atoms with Crippen LogP contribution in [-0.2, 0) is 16.2 Å². The summed E-state index contributed by atoms with van der Waals surface area (Å²) in [6.45, 7) is 2.66. The largest absolute Gasteiger partial charge is 0.490 e. The van der Waals surface area contributed by atoms with Crippen LogP contribution in [0.3, 0.4) is 0 Å². The zero-order valence-electron chi connectivity index (χ0n) is 16.4. The summed E-state index contributed by atoms with van der Waals surface area (Å²) >= 11 is 6.72. The predicted molar refractivity (Wildman–Crippen MR) is 122 cm³/mol. The molecule has 0 aliphatic rings. The second kappa shape index (κ2) is 11.6. The lowest BCUT2D eigenvalue weighted by Gasteiger charge is -2.15. The topological polar surface area (TPSA) is 69.1 Å². The van der Waals surface area contributed by atoms with Crippen LogP contribution in [0, 0.1) is 0 Å². The summed E-state index contributed by atoms with van der Waals surface area (Å²) in [6.07, 6.45) is 1.92. The molecule has 0 saturated heterocycles. The number of carbonyl (C=O) groups is 1. The fraction of sp³-hybridized carbons (Fsp3) is 0.238. The molecule has 29 heavy (non-hydrogen) atoms. The van der Waals surface area contributed by atoms with E-state index in [-0.39, 0.29) is 18.2 Å². The number of carbonyl (C=O) groups excluding carboxylic acids is 1. The summed E-state index contributed by atoms with van der Waals surface area (Å²) < 4.78 is 12.6. The van der Waals surface area contributed by atoms with Crippen molar-refractivity contribution in [1.29, 1.82) is 0 Å². The van der Waals surface area contributed by atoms with Crippen molar-refractivity contribution in [2.45, 2.75) is 13.5 Å². The first-order chi connectivity index (χ1) is 14.0. The molecule has 0 aromatic heterocycles. The minimum Gasteiger partial charge on any atom is -0.490 e. The zero-order chi connectivity index (χ0) is 21.2. The van der Waals surface area contributed by atoms with Gasteiger partial charge in [-0.25, -0.2) is 0 Å². The van der Waals surface area contributed by atoms with E-state index in [2.05, 4.69) is 42.3 Å². The molecule has 0 fully saturated rings. The minimum atomic E-state index is -0.342. The number of benzene rings is 2. The molecular formula is C21H22Br2N2O4. The van der Waals surface area contributed by atoms with E-state index in [0.29, 0.717) is 23.7 Å². The van der Waals surface area contributed by atoms with Crippen LogP contribution in [0.15, 0.2) is 51.0 Å². The number of halogens is 2. The number of nitrogens with zero attached hydrogens (tertiary/aromatic N) is 1. The van der Waals surface area contributed by atoms with Crippen molar-refractivity contribution in [3.8, 4) is 11.5 Å². The molecule has 0 bridgehead atoms. The van der Waals surface area contributed by atoms with Crippen molar-refractivity contribution >= 4 is 49.6 Å². The van der Waals surface area contributed by atoms with Crippen molar-refractivity contribution in [1.82, 2.24) is 5.32 Å². The van der Waals surface area contributed by atoms with Gasteiger partial charge in [0.25, 0.3) is 5.91 Å². The highest BCUT2D eigenvalue weighted by molar-refractivity contribution is 9.28. The van der Waals surface area contributed by atoms with E-state index in [1.165, 1.54) is 7.11 Å². The van der Waals surface area contributed by atoms with E-state index in [0.717, 1.165) is 14.5 Å². The third kappa shape index (κ3) is 6.61. The zero-order valence-corrected chi connectivity index (χ0v) is 19.5. The summed E-state index contributed by atoms with van der Waals surface area (Å²) in [5.41, 5.74) is 2.57. The summed E-state index contributed by atoms with van der Waals surface area (Å²) in [5, 5.41) is 6.45. The maximum absolute atomic E-state index is 12.2. The number of nitrogens with one attached hydrogen (secondary N) is 1.